The third-order valence-electron chi connectivity index (χ3n) is 2.27. The second kappa shape index (κ2) is 4.59. The van der Waals surface area contributed by atoms with Crippen molar-refractivity contribution >= 4 is 17.3 Å². The lowest BCUT2D eigenvalue weighted by Crippen LogP contribution is -2.13. The van der Waals surface area contributed by atoms with Gasteiger partial charge in [-0.2, -0.15) is 5.26 Å². The van der Waals surface area contributed by atoms with Gasteiger partial charge in [0, 0.05) is 11.8 Å². The summed E-state index contributed by atoms with van der Waals surface area (Å²) in [4.78, 5) is 11.8. The summed E-state index contributed by atoms with van der Waals surface area (Å²) in [6.07, 6.45) is 0. The highest BCUT2D eigenvalue weighted by molar-refractivity contribution is 6.03. The number of carbonyl (C=O) groups excluding carboxylic acids is 1. The average Bonchev–Trinajstić information content (AvgIpc) is 2.78. The first-order chi connectivity index (χ1) is 8.60. The minimum atomic E-state index is -0.437. The van der Waals surface area contributed by atoms with Crippen LogP contribution in [0.2, 0.25) is 0 Å². The van der Waals surface area contributed by atoms with Gasteiger partial charge in [0.25, 0.3) is 5.91 Å². The molecule has 1 aromatic carbocycles. The molecule has 0 aliphatic rings. The quantitative estimate of drug-likeness (QED) is 0.779. The Morgan fingerprint density at radius 2 is 2.28 bits per heavy atom. The van der Waals surface area contributed by atoms with Crippen LogP contribution in [0.3, 0.4) is 0 Å². The van der Waals surface area contributed by atoms with Gasteiger partial charge in [0.05, 0.1) is 11.3 Å². The van der Waals surface area contributed by atoms with Crippen molar-refractivity contribution in [3.63, 3.8) is 0 Å². The van der Waals surface area contributed by atoms with E-state index in [1.54, 1.807) is 19.1 Å². The summed E-state index contributed by atoms with van der Waals surface area (Å²) >= 11 is 0. The topological polar surface area (TPSA) is 105 Å². The van der Waals surface area contributed by atoms with Crippen LogP contribution in [0.5, 0.6) is 0 Å². The molecule has 0 bridgehead atoms. The van der Waals surface area contributed by atoms with Crippen molar-refractivity contribution < 1.29 is 9.32 Å². The van der Waals surface area contributed by atoms with Crippen LogP contribution >= 0.6 is 0 Å². The fourth-order valence-electron chi connectivity index (χ4n) is 1.42. The van der Waals surface area contributed by atoms with Crippen LogP contribution in [0, 0.1) is 18.3 Å². The largest absolute Gasteiger partial charge is 0.399 e. The average molecular weight is 242 g/mol. The van der Waals surface area contributed by atoms with Crippen LogP contribution in [-0.2, 0) is 0 Å². The zero-order chi connectivity index (χ0) is 13.1. The predicted molar refractivity (Wildman–Crippen MR) is 64.8 cm³/mol. The van der Waals surface area contributed by atoms with E-state index < -0.39 is 5.91 Å². The number of nitrogens with one attached hydrogen (secondary N) is 1. The van der Waals surface area contributed by atoms with E-state index in [-0.39, 0.29) is 5.69 Å². The lowest BCUT2D eigenvalue weighted by atomic mass is 10.1. The van der Waals surface area contributed by atoms with Crippen molar-refractivity contribution in [2.24, 2.45) is 0 Å². The molecular weight excluding hydrogens is 232 g/mol. The monoisotopic (exact) mass is 242 g/mol. The molecule has 0 atom stereocenters. The number of amides is 1. The normalized spacial score (nSPS) is 9.78. The number of nitrogen functional groups attached to an aromatic ring is 1. The van der Waals surface area contributed by atoms with Crippen LogP contribution < -0.4 is 11.1 Å². The van der Waals surface area contributed by atoms with E-state index in [1.807, 2.05) is 6.07 Å². The molecule has 1 amide bonds. The number of rotatable bonds is 2. The van der Waals surface area contributed by atoms with E-state index in [2.05, 4.69) is 10.5 Å². The lowest BCUT2D eigenvalue weighted by Gasteiger charge is -2.05. The number of nitriles is 1. The summed E-state index contributed by atoms with van der Waals surface area (Å²) in [5.41, 5.74) is 6.86. The molecule has 0 aliphatic carbocycles. The molecule has 0 radical (unpaired) electrons. The molecule has 0 unspecified atom stereocenters. The maximum absolute atomic E-state index is 11.8. The number of anilines is 2. The fourth-order valence-corrected chi connectivity index (χ4v) is 1.42. The molecule has 90 valence electrons. The Balaban J connectivity index is 2.25. The van der Waals surface area contributed by atoms with Crippen LogP contribution in [0.4, 0.5) is 11.4 Å². The summed E-state index contributed by atoms with van der Waals surface area (Å²) in [7, 11) is 0. The van der Waals surface area contributed by atoms with Crippen molar-refractivity contribution in [2.45, 2.75) is 6.92 Å². The number of nitrogens with two attached hydrogens (primary N) is 1. The van der Waals surface area contributed by atoms with E-state index in [0.29, 0.717) is 22.7 Å². The Bertz CT molecular complexity index is 640. The predicted octanol–water partition coefficient (Wildman–Crippen LogP) is 1.69. The van der Waals surface area contributed by atoms with Crippen molar-refractivity contribution in [2.75, 3.05) is 11.1 Å². The van der Waals surface area contributed by atoms with Gasteiger partial charge in [-0.15, -0.1) is 0 Å². The molecule has 0 spiro atoms. The molecule has 1 heterocycles. The van der Waals surface area contributed by atoms with Crippen molar-refractivity contribution in [3.8, 4) is 6.07 Å². The summed E-state index contributed by atoms with van der Waals surface area (Å²) in [6, 6.07) is 8.13. The third-order valence-corrected chi connectivity index (χ3v) is 2.27. The SMILES string of the molecule is Cc1cc(C(=O)Nc2ccc(N)cc2C#N)no1. The molecule has 1 aromatic heterocycles. The minimum absolute atomic E-state index is 0.160. The highest BCUT2D eigenvalue weighted by Crippen LogP contribution is 2.18. The number of aromatic nitrogens is 1. The molecule has 0 fully saturated rings. The lowest BCUT2D eigenvalue weighted by molar-refractivity contribution is 0.101. The van der Waals surface area contributed by atoms with Gasteiger partial charge in [-0.05, 0) is 25.1 Å². The maximum atomic E-state index is 11.8. The summed E-state index contributed by atoms with van der Waals surface area (Å²) in [5.74, 6) is 0.103. The number of hydrogen-bond donors (Lipinski definition) is 2. The fraction of sp³-hybridized carbons (Fsp3) is 0.0833. The van der Waals surface area contributed by atoms with Gasteiger partial charge in [-0.25, -0.2) is 0 Å². The van der Waals surface area contributed by atoms with Crippen LogP contribution in [-0.4, -0.2) is 11.1 Å². The first kappa shape index (κ1) is 11.7. The molecule has 6 heteroatoms. The van der Waals surface area contributed by atoms with Gasteiger partial charge in [-0.3, -0.25) is 4.79 Å². The highest BCUT2D eigenvalue weighted by atomic mass is 16.5. The molecule has 0 saturated heterocycles. The summed E-state index contributed by atoms with van der Waals surface area (Å²) in [5, 5.41) is 15.1. The van der Waals surface area contributed by atoms with Crippen molar-refractivity contribution in [1.29, 1.82) is 5.26 Å². The van der Waals surface area contributed by atoms with Crippen LogP contribution in [0.15, 0.2) is 28.8 Å². The molecule has 2 rings (SSSR count). The zero-order valence-corrected chi connectivity index (χ0v) is 9.60. The van der Waals surface area contributed by atoms with E-state index in [1.165, 1.54) is 12.1 Å². The Morgan fingerprint density at radius 1 is 1.50 bits per heavy atom. The second-order valence-electron chi connectivity index (χ2n) is 3.69. The zero-order valence-electron chi connectivity index (χ0n) is 9.60. The number of carbonyl (C=O) groups is 1. The second-order valence-corrected chi connectivity index (χ2v) is 3.69. The molecule has 0 aliphatic heterocycles. The first-order valence-corrected chi connectivity index (χ1v) is 5.14. The van der Waals surface area contributed by atoms with Gasteiger partial charge in [0.15, 0.2) is 5.69 Å². The van der Waals surface area contributed by atoms with E-state index in [9.17, 15) is 4.79 Å². The van der Waals surface area contributed by atoms with Crippen LogP contribution in [0.1, 0.15) is 21.8 Å². The smallest absolute Gasteiger partial charge is 0.277 e. The number of benzene rings is 1. The van der Waals surface area contributed by atoms with Gasteiger partial charge in [0.2, 0.25) is 0 Å². The van der Waals surface area contributed by atoms with Crippen LogP contribution in [0.25, 0.3) is 0 Å². The minimum Gasteiger partial charge on any atom is -0.399 e. The van der Waals surface area contributed by atoms with Gasteiger partial charge in [-0.1, -0.05) is 5.16 Å². The third kappa shape index (κ3) is 2.30. The Morgan fingerprint density at radius 3 is 2.89 bits per heavy atom. The highest BCUT2D eigenvalue weighted by Gasteiger charge is 2.13. The van der Waals surface area contributed by atoms with Crippen molar-refractivity contribution in [1.82, 2.24) is 5.16 Å². The molecule has 18 heavy (non-hydrogen) atoms. The Hall–Kier alpha value is -2.81. The molecular formula is C12H10N4O2. The number of hydrogen-bond acceptors (Lipinski definition) is 5. The number of nitrogens with zero attached hydrogens (tertiary/aromatic N) is 2. The Kier molecular flexibility index (Phi) is 2.98. The first-order valence-electron chi connectivity index (χ1n) is 5.14. The van der Waals surface area contributed by atoms with E-state index >= 15 is 0 Å². The molecule has 2 aromatic rings. The van der Waals surface area contributed by atoms with E-state index in [0.717, 1.165) is 0 Å². The Labute approximate surface area is 103 Å². The van der Waals surface area contributed by atoms with Gasteiger partial charge >= 0.3 is 0 Å². The maximum Gasteiger partial charge on any atom is 0.277 e. The molecule has 3 N–H and O–H groups in total. The van der Waals surface area contributed by atoms with Crippen molar-refractivity contribution in [3.05, 3.63) is 41.3 Å². The standard InChI is InChI=1S/C12H10N4O2/c1-7-4-11(16-18-7)12(17)15-10-3-2-9(14)5-8(10)6-13/h2-5H,14H2,1H3,(H,15,17). The molecule has 0 saturated carbocycles. The molecule has 6 nitrogen and oxygen atoms in total. The summed E-state index contributed by atoms with van der Waals surface area (Å²) in [6.45, 7) is 1.69. The summed E-state index contributed by atoms with van der Waals surface area (Å²) < 4.78 is 4.80. The van der Waals surface area contributed by atoms with E-state index in [4.69, 9.17) is 15.5 Å². The van der Waals surface area contributed by atoms with Gasteiger partial charge in [0.1, 0.15) is 11.8 Å². The number of aryl methyl sites for hydroxylation is 1. The van der Waals surface area contributed by atoms with Gasteiger partial charge < -0.3 is 15.6 Å².